The zero-order valence-electron chi connectivity index (χ0n) is 11.2. The summed E-state index contributed by atoms with van der Waals surface area (Å²) in [7, 11) is 0. The quantitative estimate of drug-likeness (QED) is 0.559. The Morgan fingerprint density at radius 2 is 2.05 bits per heavy atom. The summed E-state index contributed by atoms with van der Waals surface area (Å²) in [6.07, 6.45) is 1.86. The van der Waals surface area contributed by atoms with E-state index in [0.29, 0.717) is 5.82 Å². The van der Waals surface area contributed by atoms with E-state index in [0.717, 1.165) is 31.0 Å². The van der Waals surface area contributed by atoms with Crippen molar-refractivity contribution in [1.29, 1.82) is 0 Å². The molecule has 2 aromatic heterocycles. The summed E-state index contributed by atoms with van der Waals surface area (Å²) in [6.45, 7) is 4.98. The highest BCUT2D eigenvalue weighted by molar-refractivity contribution is 7.11. The van der Waals surface area contributed by atoms with Crippen LogP contribution in [0.5, 0.6) is 0 Å². The number of hydrogen-bond acceptors (Lipinski definition) is 6. The molecular weight excluding hydrogens is 258 g/mol. The standard InChI is InChI=1S/C13H19N5S/c1-3-4-11-16-12(7-13(17-11)18-14)15-8-10-6-5-9(2)19-10/h5-7H,3-4,8,14H2,1-2H3,(H2,15,16,17,18). The fourth-order valence-electron chi connectivity index (χ4n) is 1.75. The van der Waals surface area contributed by atoms with Crippen LogP contribution in [0.25, 0.3) is 0 Å². The third-order valence-electron chi connectivity index (χ3n) is 2.63. The molecule has 6 heteroatoms. The van der Waals surface area contributed by atoms with E-state index in [-0.39, 0.29) is 0 Å². The maximum atomic E-state index is 5.43. The molecule has 102 valence electrons. The predicted octanol–water partition coefficient (Wildman–Crippen LogP) is 2.70. The first kappa shape index (κ1) is 13.8. The molecule has 0 aliphatic rings. The lowest BCUT2D eigenvalue weighted by molar-refractivity contribution is 0.834. The van der Waals surface area contributed by atoms with E-state index in [4.69, 9.17) is 5.84 Å². The maximum Gasteiger partial charge on any atom is 0.145 e. The van der Waals surface area contributed by atoms with Crippen molar-refractivity contribution in [3.63, 3.8) is 0 Å². The Hall–Kier alpha value is -1.66. The van der Waals surface area contributed by atoms with E-state index in [1.807, 2.05) is 6.07 Å². The van der Waals surface area contributed by atoms with Gasteiger partial charge in [0.2, 0.25) is 0 Å². The number of aromatic nitrogens is 2. The van der Waals surface area contributed by atoms with Gasteiger partial charge in [-0.25, -0.2) is 15.8 Å². The molecular formula is C13H19N5S. The van der Waals surface area contributed by atoms with Gasteiger partial charge >= 0.3 is 0 Å². The zero-order chi connectivity index (χ0) is 13.7. The Kier molecular flexibility index (Phi) is 4.70. The van der Waals surface area contributed by atoms with Crippen LogP contribution in [0, 0.1) is 6.92 Å². The van der Waals surface area contributed by atoms with Crippen LogP contribution in [-0.4, -0.2) is 9.97 Å². The van der Waals surface area contributed by atoms with Crippen molar-refractivity contribution in [2.24, 2.45) is 5.84 Å². The topological polar surface area (TPSA) is 75.9 Å². The molecule has 0 bridgehead atoms. The lowest BCUT2D eigenvalue weighted by atomic mass is 10.3. The molecule has 0 aliphatic carbocycles. The number of rotatable bonds is 6. The molecule has 0 amide bonds. The van der Waals surface area contributed by atoms with Crippen LogP contribution in [-0.2, 0) is 13.0 Å². The van der Waals surface area contributed by atoms with Crippen molar-refractivity contribution in [3.8, 4) is 0 Å². The third kappa shape index (κ3) is 3.90. The van der Waals surface area contributed by atoms with E-state index in [1.165, 1.54) is 9.75 Å². The monoisotopic (exact) mass is 277 g/mol. The fourth-order valence-corrected chi connectivity index (χ4v) is 2.58. The number of nitrogen functional groups attached to an aromatic ring is 1. The van der Waals surface area contributed by atoms with E-state index >= 15 is 0 Å². The smallest absolute Gasteiger partial charge is 0.145 e. The number of hydrazine groups is 1. The molecule has 0 saturated heterocycles. The maximum absolute atomic E-state index is 5.43. The third-order valence-corrected chi connectivity index (χ3v) is 3.63. The molecule has 5 nitrogen and oxygen atoms in total. The van der Waals surface area contributed by atoms with Crippen LogP contribution in [0.2, 0.25) is 0 Å². The molecule has 0 aromatic carbocycles. The number of aryl methyl sites for hydroxylation is 2. The number of anilines is 2. The molecule has 2 rings (SSSR count). The highest BCUT2D eigenvalue weighted by atomic mass is 32.1. The van der Waals surface area contributed by atoms with Crippen molar-refractivity contribution in [3.05, 3.63) is 33.8 Å². The molecule has 0 fully saturated rings. The van der Waals surface area contributed by atoms with Crippen LogP contribution in [0.15, 0.2) is 18.2 Å². The van der Waals surface area contributed by atoms with Gasteiger partial charge in [0, 0.05) is 22.2 Å². The molecule has 0 unspecified atom stereocenters. The first-order valence-electron chi connectivity index (χ1n) is 6.35. The molecule has 2 aromatic rings. The second-order valence-corrected chi connectivity index (χ2v) is 5.69. The number of nitrogens with one attached hydrogen (secondary N) is 2. The van der Waals surface area contributed by atoms with Gasteiger partial charge < -0.3 is 10.7 Å². The van der Waals surface area contributed by atoms with Crippen LogP contribution < -0.4 is 16.6 Å². The fraction of sp³-hybridized carbons (Fsp3) is 0.385. The van der Waals surface area contributed by atoms with Gasteiger partial charge in [0.1, 0.15) is 17.5 Å². The second kappa shape index (κ2) is 6.49. The van der Waals surface area contributed by atoms with E-state index < -0.39 is 0 Å². The van der Waals surface area contributed by atoms with Crippen molar-refractivity contribution in [2.45, 2.75) is 33.2 Å². The molecule has 0 saturated carbocycles. The van der Waals surface area contributed by atoms with E-state index in [2.05, 4.69) is 46.7 Å². The SMILES string of the molecule is CCCc1nc(NN)cc(NCc2ccc(C)s2)n1. The Labute approximate surface area is 117 Å². The number of hydrogen-bond donors (Lipinski definition) is 3. The second-order valence-electron chi connectivity index (χ2n) is 4.31. The van der Waals surface area contributed by atoms with Gasteiger partial charge in [0.25, 0.3) is 0 Å². The van der Waals surface area contributed by atoms with Crippen LogP contribution in [0.4, 0.5) is 11.6 Å². The van der Waals surface area contributed by atoms with Crippen molar-refractivity contribution in [2.75, 3.05) is 10.7 Å². The molecule has 0 radical (unpaired) electrons. The first-order chi connectivity index (χ1) is 9.21. The first-order valence-corrected chi connectivity index (χ1v) is 7.16. The Balaban J connectivity index is 2.08. The largest absolute Gasteiger partial charge is 0.365 e. The molecule has 0 aliphatic heterocycles. The molecule has 4 N–H and O–H groups in total. The molecule has 0 spiro atoms. The lowest BCUT2D eigenvalue weighted by Crippen LogP contribution is -2.12. The number of nitrogens with two attached hydrogens (primary N) is 1. The Morgan fingerprint density at radius 1 is 1.26 bits per heavy atom. The highest BCUT2D eigenvalue weighted by Crippen LogP contribution is 2.17. The molecule has 2 heterocycles. The summed E-state index contributed by atoms with van der Waals surface area (Å²) in [5.74, 6) is 7.68. The van der Waals surface area contributed by atoms with Crippen molar-refractivity contribution >= 4 is 23.0 Å². The number of thiophene rings is 1. The zero-order valence-corrected chi connectivity index (χ0v) is 12.0. The van der Waals surface area contributed by atoms with Gasteiger partial charge in [-0.1, -0.05) is 6.92 Å². The summed E-state index contributed by atoms with van der Waals surface area (Å²) >= 11 is 1.79. The van der Waals surface area contributed by atoms with E-state index in [9.17, 15) is 0 Å². The summed E-state index contributed by atoms with van der Waals surface area (Å²) in [6, 6.07) is 6.07. The van der Waals surface area contributed by atoms with Crippen molar-refractivity contribution in [1.82, 2.24) is 9.97 Å². The van der Waals surface area contributed by atoms with Gasteiger partial charge in [-0.2, -0.15) is 0 Å². The Bertz CT molecular complexity index is 538. The highest BCUT2D eigenvalue weighted by Gasteiger charge is 2.04. The van der Waals surface area contributed by atoms with Gasteiger partial charge in [-0.15, -0.1) is 11.3 Å². The number of nitrogens with zero attached hydrogens (tertiary/aromatic N) is 2. The molecule has 0 atom stereocenters. The lowest BCUT2D eigenvalue weighted by Gasteiger charge is -2.08. The summed E-state index contributed by atoms with van der Waals surface area (Å²) < 4.78 is 0. The summed E-state index contributed by atoms with van der Waals surface area (Å²) in [5, 5.41) is 3.31. The van der Waals surface area contributed by atoms with Gasteiger partial charge in [-0.3, -0.25) is 0 Å². The minimum atomic E-state index is 0.642. The van der Waals surface area contributed by atoms with Crippen LogP contribution in [0.3, 0.4) is 0 Å². The van der Waals surface area contributed by atoms with Gasteiger partial charge in [0.15, 0.2) is 0 Å². The molecule has 19 heavy (non-hydrogen) atoms. The normalized spacial score (nSPS) is 10.5. The summed E-state index contributed by atoms with van der Waals surface area (Å²) in [5.41, 5.74) is 2.58. The summed E-state index contributed by atoms with van der Waals surface area (Å²) in [4.78, 5) is 11.4. The minimum absolute atomic E-state index is 0.642. The van der Waals surface area contributed by atoms with Gasteiger partial charge in [0.05, 0.1) is 6.54 Å². The average molecular weight is 277 g/mol. The average Bonchev–Trinajstić information content (AvgIpc) is 2.82. The van der Waals surface area contributed by atoms with Crippen LogP contribution >= 0.6 is 11.3 Å². The predicted molar refractivity (Wildman–Crippen MR) is 80.2 cm³/mol. The van der Waals surface area contributed by atoms with Gasteiger partial charge in [-0.05, 0) is 25.5 Å². The van der Waals surface area contributed by atoms with Crippen molar-refractivity contribution < 1.29 is 0 Å². The Morgan fingerprint density at radius 3 is 2.68 bits per heavy atom. The minimum Gasteiger partial charge on any atom is -0.365 e. The van der Waals surface area contributed by atoms with E-state index in [1.54, 1.807) is 11.3 Å². The van der Waals surface area contributed by atoms with Crippen LogP contribution in [0.1, 0.15) is 28.9 Å².